The fraction of sp³-hybridized carbons (Fsp3) is 0.588. The second kappa shape index (κ2) is 5.47. The van der Waals surface area contributed by atoms with Crippen molar-refractivity contribution in [3.8, 4) is 5.75 Å². The molecule has 0 bridgehead atoms. The maximum atomic E-state index is 11.4. The van der Waals surface area contributed by atoms with Crippen LogP contribution in [0.3, 0.4) is 0 Å². The summed E-state index contributed by atoms with van der Waals surface area (Å²) in [6.45, 7) is 4.24. The number of anilines is 1. The lowest BCUT2D eigenvalue weighted by molar-refractivity contribution is -0.137. The average Bonchev–Trinajstić information content (AvgIpc) is 2.73. The Labute approximate surface area is 130 Å². The number of fused-ring (bicyclic) bond motifs is 1. The zero-order valence-electron chi connectivity index (χ0n) is 13.2. The zero-order chi connectivity index (χ0) is 15.9. The van der Waals surface area contributed by atoms with E-state index in [1.807, 2.05) is 6.07 Å². The molecule has 2 aliphatic heterocycles. The van der Waals surface area contributed by atoms with Gasteiger partial charge in [-0.3, -0.25) is 4.79 Å². The smallest absolute Gasteiger partial charge is 0.304 e. The Morgan fingerprint density at radius 2 is 2.09 bits per heavy atom. The highest BCUT2D eigenvalue weighted by Crippen LogP contribution is 2.51. The molecule has 2 unspecified atom stereocenters. The molecular formula is C17H24N2O3. The fourth-order valence-electron chi connectivity index (χ4n) is 4.14. The van der Waals surface area contributed by atoms with E-state index in [0.29, 0.717) is 5.92 Å². The Balaban J connectivity index is 1.94. The number of nitrogens with one attached hydrogen (secondary N) is 1. The van der Waals surface area contributed by atoms with Crippen LogP contribution in [-0.2, 0) is 4.79 Å². The van der Waals surface area contributed by atoms with Gasteiger partial charge in [-0.15, -0.1) is 0 Å². The summed E-state index contributed by atoms with van der Waals surface area (Å²) in [5.41, 5.74) is 1.63. The number of piperidine rings is 1. The molecule has 0 aromatic heterocycles. The molecule has 1 aromatic carbocycles. The number of likely N-dealkylation sites (tertiary alicyclic amines) is 1. The van der Waals surface area contributed by atoms with Crippen molar-refractivity contribution < 1.29 is 15.0 Å². The summed E-state index contributed by atoms with van der Waals surface area (Å²) in [7, 11) is 2.13. The SMILES string of the molecule is CN1CCC(C2(C)Nc3ccc(O)cc3C2CC(=O)O)CC1. The molecule has 22 heavy (non-hydrogen) atoms. The summed E-state index contributed by atoms with van der Waals surface area (Å²) in [6.07, 6.45) is 2.22. The van der Waals surface area contributed by atoms with E-state index >= 15 is 0 Å². The molecule has 5 nitrogen and oxygen atoms in total. The number of nitrogens with zero attached hydrogens (tertiary/aromatic N) is 1. The summed E-state index contributed by atoms with van der Waals surface area (Å²) < 4.78 is 0. The van der Waals surface area contributed by atoms with Crippen molar-refractivity contribution in [3.05, 3.63) is 23.8 Å². The number of carboxylic acid groups (broad SMARTS) is 1. The molecule has 1 saturated heterocycles. The van der Waals surface area contributed by atoms with E-state index in [9.17, 15) is 15.0 Å². The van der Waals surface area contributed by atoms with Crippen LogP contribution < -0.4 is 5.32 Å². The van der Waals surface area contributed by atoms with E-state index in [1.165, 1.54) is 0 Å². The van der Waals surface area contributed by atoms with Gasteiger partial charge in [-0.05, 0) is 69.6 Å². The third kappa shape index (κ3) is 2.54. The molecule has 0 saturated carbocycles. The molecule has 5 heteroatoms. The largest absolute Gasteiger partial charge is 0.508 e. The number of phenols is 1. The highest BCUT2D eigenvalue weighted by atomic mass is 16.4. The molecule has 1 fully saturated rings. The van der Waals surface area contributed by atoms with Crippen molar-refractivity contribution >= 4 is 11.7 Å². The standard InChI is InChI=1S/C17H24N2O3/c1-17(11-5-7-19(2)8-6-11)14(10-16(21)22)13-9-12(20)3-4-15(13)18-17/h3-4,9,11,14,18,20H,5-8,10H2,1-2H3,(H,21,22). The van der Waals surface area contributed by atoms with Gasteiger partial charge in [-0.25, -0.2) is 0 Å². The average molecular weight is 304 g/mol. The van der Waals surface area contributed by atoms with Crippen LogP contribution in [0.4, 0.5) is 5.69 Å². The van der Waals surface area contributed by atoms with Crippen LogP contribution in [0, 0.1) is 5.92 Å². The number of aromatic hydroxyl groups is 1. The van der Waals surface area contributed by atoms with E-state index in [2.05, 4.69) is 24.2 Å². The van der Waals surface area contributed by atoms with Gasteiger partial charge in [-0.1, -0.05) is 0 Å². The minimum Gasteiger partial charge on any atom is -0.508 e. The molecule has 2 atom stereocenters. The van der Waals surface area contributed by atoms with Crippen LogP contribution in [0.1, 0.15) is 37.7 Å². The summed E-state index contributed by atoms with van der Waals surface area (Å²) in [5.74, 6) is -0.270. The van der Waals surface area contributed by atoms with Gasteiger partial charge in [0.2, 0.25) is 0 Å². The summed E-state index contributed by atoms with van der Waals surface area (Å²) in [5, 5.41) is 22.7. The summed E-state index contributed by atoms with van der Waals surface area (Å²) >= 11 is 0. The molecule has 0 aliphatic carbocycles. The maximum absolute atomic E-state index is 11.4. The third-order valence-electron chi connectivity index (χ3n) is 5.48. The van der Waals surface area contributed by atoms with Gasteiger partial charge in [0.15, 0.2) is 0 Å². The van der Waals surface area contributed by atoms with Crippen LogP contribution in [-0.4, -0.2) is 46.8 Å². The first kappa shape index (κ1) is 15.2. The number of carboxylic acids is 1. The lowest BCUT2D eigenvalue weighted by Crippen LogP contribution is -2.49. The van der Waals surface area contributed by atoms with Crippen molar-refractivity contribution in [2.45, 2.75) is 37.6 Å². The van der Waals surface area contributed by atoms with Gasteiger partial charge in [0, 0.05) is 17.1 Å². The molecule has 120 valence electrons. The van der Waals surface area contributed by atoms with Crippen LogP contribution in [0.5, 0.6) is 5.75 Å². The molecular weight excluding hydrogens is 280 g/mol. The molecule has 1 aromatic rings. The summed E-state index contributed by atoms with van der Waals surface area (Å²) in [4.78, 5) is 13.7. The van der Waals surface area contributed by atoms with Crippen LogP contribution >= 0.6 is 0 Å². The number of aliphatic carboxylic acids is 1. The lowest BCUT2D eigenvalue weighted by Gasteiger charge is -2.43. The lowest BCUT2D eigenvalue weighted by atomic mass is 9.70. The molecule has 2 aliphatic rings. The Bertz CT molecular complexity index is 581. The van der Waals surface area contributed by atoms with Crippen molar-refractivity contribution in [3.63, 3.8) is 0 Å². The number of phenolic OH excluding ortho intramolecular Hbond substituents is 1. The minimum absolute atomic E-state index is 0.0896. The highest BCUT2D eigenvalue weighted by molar-refractivity contribution is 5.72. The molecule has 0 spiro atoms. The first-order valence-corrected chi connectivity index (χ1v) is 7.91. The van der Waals surface area contributed by atoms with Crippen LogP contribution in [0.25, 0.3) is 0 Å². The van der Waals surface area contributed by atoms with E-state index < -0.39 is 5.97 Å². The second-order valence-corrected chi connectivity index (χ2v) is 6.91. The quantitative estimate of drug-likeness (QED) is 0.748. The van der Waals surface area contributed by atoms with Crippen molar-refractivity contribution in [2.24, 2.45) is 5.92 Å². The van der Waals surface area contributed by atoms with Crippen LogP contribution in [0.15, 0.2) is 18.2 Å². The first-order valence-electron chi connectivity index (χ1n) is 7.91. The third-order valence-corrected chi connectivity index (χ3v) is 5.48. The van der Waals surface area contributed by atoms with Gasteiger partial charge >= 0.3 is 5.97 Å². The first-order chi connectivity index (χ1) is 10.4. The van der Waals surface area contributed by atoms with Gasteiger partial charge in [-0.2, -0.15) is 0 Å². The molecule has 3 rings (SSSR count). The number of carbonyl (C=O) groups is 1. The number of benzene rings is 1. The number of rotatable bonds is 3. The van der Waals surface area contributed by atoms with E-state index in [-0.39, 0.29) is 23.6 Å². The molecule has 2 heterocycles. The van der Waals surface area contributed by atoms with Crippen molar-refractivity contribution in [1.82, 2.24) is 4.90 Å². The van der Waals surface area contributed by atoms with Crippen LogP contribution in [0.2, 0.25) is 0 Å². The zero-order valence-corrected chi connectivity index (χ0v) is 13.2. The van der Waals surface area contributed by atoms with Crippen molar-refractivity contribution in [2.75, 3.05) is 25.5 Å². The van der Waals surface area contributed by atoms with E-state index in [0.717, 1.165) is 37.2 Å². The van der Waals surface area contributed by atoms with Gasteiger partial charge in [0.05, 0.1) is 6.42 Å². The topological polar surface area (TPSA) is 72.8 Å². The maximum Gasteiger partial charge on any atom is 0.304 e. The van der Waals surface area contributed by atoms with Crippen molar-refractivity contribution in [1.29, 1.82) is 0 Å². The fourth-order valence-corrected chi connectivity index (χ4v) is 4.14. The monoisotopic (exact) mass is 304 g/mol. The van der Waals surface area contributed by atoms with E-state index in [4.69, 9.17) is 0 Å². The van der Waals surface area contributed by atoms with E-state index in [1.54, 1.807) is 12.1 Å². The predicted molar refractivity (Wildman–Crippen MR) is 85.3 cm³/mol. The Hall–Kier alpha value is -1.75. The van der Waals surface area contributed by atoms with Gasteiger partial charge in [0.25, 0.3) is 0 Å². The second-order valence-electron chi connectivity index (χ2n) is 6.91. The predicted octanol–water partition coefficient (Wildman–Crippen LogP) is 2.48. The van der Waals surface area contributed by atoms with Gasteiger partial charge < -0.3 is 20.4 Å². The molecule has 0 amide bonds. The normalized spacial score (nSPS) is 29.1. The Morgan fingerprint density at radius 1 is 1.41 bits per heavy atom. The number of hydrogen-bond donors (Lipinski definition) is 3. The Morgan fingerprint density at radius 3 is 2.73 bits per heavy atom. The Kier molecular flexibility index (Phi) is 3.77. The highest BCUT2D eigenvalue weighted by Gasteiger charge is 2.48. The molecule has 0 radical (unpaired) electrons. The summed E-state index contributed by atoms with van der Waals surface area (Å²) in [6, 6.07) is 5.24. The minimum atomic E-state index is -0.790. The molecule has 3 N–H and O–H groups in total. The number of hydrogen-bond acceptors (Lipinski definition) is 4. The van der Waals surface area contributed by atoms with Gasteiger partial charge in [0.1, 0.15) is 5.75 Å².